The van der Waals surface area contributed by atoms with E-state index in [1.54, 1.807) is 12.1 Å². The van der Waals surface area contributed by atoms with Crippen molar-refractivity contribution in [2.45, 2.75) is 10.8 Å². The number of sulfonamides is 1. The molecule has 2 aromatic carbocycles. The van der Waals surface area contributed by atoms with E-state index < -0.39 is 33.3 Å². The molecule has 1 heterocycles. The fourth-order valence-corrected chi connectivity index (χ4v) is 5.08. The quantitative estimate of drug-likeness (QED) is 0.300. The van der Waals surface area contributed by atoms with Crippen LogP contribution in [0.15, 0.2) is 57.1 Å². The number of aromatic hydroxyl groups is 1. The Morgan fingerprint density at radius 1 is 1.19 bits per heavy atom. The van der Waals surface area contributed by atoms with E-state index in [0.717, 1.165) is 23.5 Å². The Labute approximate surface area is 186 Å². The SMILES string of the molecule is NC(=O)c1cccc(CNc2c(F)ccc(O)c2/C(N)=N/S(=O)(=O)c2ccc(Cl)s2)c1. The van der Waals surface area contributed by atoms with Gasteiger partial charge in [0.05, 0.1) is 15.6 Å². The standard InChI is InChI=1S/C19H16ClFN4O4S2/c20-14-6-7-15(30-14)31(28,29)25-18(22)16-13(26)5-4-12(21)17(16)24-9-10-2-1-3-11(8-10)19(23)27/h1-8,24,26H,9H2,(H2,22,25)(H2,23,27). The average Bonchev–Trinajstić information content (AvgIpc) is 3.15. The van der Waals surface area contributed by atoms with Crippen LogP contribution in [0.4, 0.5) is 10.1 Å². The molecule has 3 aromatic rings. The highest BCUT2D eigenvalue weighted by Crippen LogP contribution is 2.31. The number of nitrogens with two attached hydrogens (primary N) is 2. The van der Waals surface area contributed by atoms with E-state index in [0.29, 0.717) is 5.56 Å². The number of primary amides is 1. The van der Waals surface area contributed by atoms with Crippen LogP contribution in [0.25, 0.3) is 0 Å². The predicted molar refractivity (Wildman–Crippen MR) is 118 cm³/mol. The second-order valence-electron chi connectivity index (χ2n) is 6.24. The molecule has 0 aliphatic rings. The van der Waals surface area contributed by atoms with Gasteiger partial charge in [-0.3, -0.25) is 4.79 Å². The summed E-state index contributed by atoms with van der Waals surface area (Å²) in [5, 5.41) is 13.0. The summed E-state index contributed by atoms with van der Waals surface area (Å²) in [6.45, 7) is 0.0229. The van der Waals surface area contributed by atoms with Gasteiger partial charge in [0.1, 0.15) is 21.6 Å². The van der Waals surface area contributed by atoms with Crippen molar-refractivity contribution < 1.29 is 22.7 Å². The second kappa shape index (κ2) is 8.92. The fourth-order valence-electron chi connectivity index (χ4n) is 2.68. The molecule has 0 unspecified atom stereocenters. The lowest BCUT2D eigenvalue weighted by Gasteiger charge is -2.14. The zero-order valence-electron chi connectivity index (χ0n) is 15.7. The second-order valence-corrected chi connectivity index (χ2v) is 9.79. The normalized spacial score (nSPS) is 12.0. The third-order valence-electron chi connectivity index (χ3n) is 4.09. The maximum absolute atomic E-state index is 14.5. The van der Waals surface area contributed by atoms with Crippen molar-refractivity contribution in [2.75, 3.05) is 5.32 Å². The zero-order valence-corrected chi connectivity index (χ0v) is 18.1. The summed E-state index contributed by atoms with van der Waals surface area (Å²) >= 11 is 6.55. The van der Waals surface area contributed by atoms with Crippen LogP contribution in [0.3, 0.4) is 0 Å². The summed E-state index contributed by atoms with van der Waals surface area (Å²) < 4.78 is 43.0. The smallest absolute Gasteiger partial charge is 0.293 e. The summed E-state index contributed by atoms with van der Waals surface area (Å²) in [6.07, 6.45) is 0. The monoisotopic (exact) mass is 482 g/mol. The molecule has 162 valence electrons. The first-order valence-electron chi connectivity index (χ1n) is 8.58. The summed E-state index contributed by atoms with van der Waals surface area (Å²) in [5.41, 5.74) is 11.4. The topological polar surface area (TPSA) is 148 Å². The number of hydrogen-bond donors (Lipinski definition) is 4. The van der Waals surface area contributed by atoms with Crippen LogP contribution in [0, 0.1) is 5.82 Å². The fraction of sp³-hybridized carbons (Fsp3) is 0.0526. The number of nitrogens with zero attached hydrogens (tertiary/aromatic N) is 1. The van der Waals surface area contributed by atoms with Gasteiger partial charge in [-0.25, -0.2) is 4.39 Å². The van der Waals surface area contributed by atoms with E-state index in [1.807, 2.05) is 0 Å². The number of phenolic OH excluding ortho intramolecular Hbond substituents is 1. The first-order chi connectivity index (χ1) is 14.6. The molecule has 31 heavy (non-hydrogen) atoms. The Morgan fingerprint density at radius 3 is 2.58 bits per heavy atom. The highest BCUT2D eigenvalue weighted by molar-refractivity contribution is 7.92. The number of amidine groups is 1. The van der Waals surface area contributed by atoms with E-state index in [1.165, 1.54) is 24.3 Å². The van der Waals surface area contributed by atoms with Crippen molar-refractivity contribution in [3.8, 4) is 5.75 Å². The molecule has 0 radical (unpaired) electrons. The van der Waals surface area contributed by atoms with Crippen LogP contribution < -0.4 is 16.8 Å². The third-order valence-corrected chi connectivity index (χ3v) is 7.08. The molecule has 0 fully saturated rings. The van der Waals surface area contributed by atoms with E-state index in [2.05, 4.69) is 9.71 Å². The Kier molecular flexibility index (Phi) is 6.48. The lowest BCUT2D eigenvalue weighted by molar-refractivity contribution is 0.1000. The number of hydrogen-bond acceptors (Lipinski definition) is 6. The molecule has 6 N–H and O–H groups in total. The molecule has 0 atom stereocenters. The van der Waals surface area contributed by atoms with Gasteiger partial charge in [-0.2, -0.15) is 8.42 Å². The number of halogens is 2. The van der Waals surface area contributed by atoms with Crippen molar-refractivity contribution in [3.05, 3.63) is 75.4 Å². The van der Waals surface area contributed by atoms with Gasteiger partial charge in [-0.05, 0) is 42.0 Å². The number of rotatable bonds is 7. The lowest BCUT2D eigenvalue weighted by atomic mass is 10.1. The molecule has 8 nitrogen and oxygen atoms in total. The van der Waals surface area contributed by atoms with Crippen molar-refractivity contribution in [2.24, 2.45) is 15.9 Å². The number of phenols is 1. The zero-order chi connectivity index (χ0) is 22.8. The maximum Gasteiger partial charge on any atom is 0.293 e. The summed E-state index contributed by atoms with van der Waals surface area (Å²) in [6, 6.07) is 11.0. The molecule has 0 saturated heterocycles. The molecular formula is C19H16ClFN4O4S2. The first-order valence-corrected chi connectivity index (χ1v) is 11.2. The number of nitrogens with one attached hydrogen (secondary N) is 1. The van der Waals surface area contributed by atoms with Crippen molar-refractivity contribution in [1.82, 2.24) is 0 Å². The van der Waals surface area contributed by atoms with Crippen LogP contribution >= 0.6 is 22.9 Å². The van der Waals surface area contributed by atoms with Gasteiger partial charge >= 0.3 is 0 Å². The molecule has 0 aliphatic carbocycles. The number of benzene rings is 2. The molecule has 1 aromatic heterocycles. The molecule has 0 bridgehead atoms. The Hall–Kier alpha value is -3.15. The van der Waals surface area contributed by atoms with Crippen LogP contribution in [0.1, 0.15) is 21.5 Å². The predicted octanol–water partition coefficient (Wildman–Crippen LogP) is 3.05. The van der Waals surface area contributed by atoms with Crippen molar-refractivity contribution in [1.29, 1.82) is 0 Å². The number of carbonyl (C=O) groups excluding carboxylic acids is 1. The first kappa shape index (κ1) is 22.5. The van der Waals surface area contributed by atoms with Gasteiger partial charge in [0.15, 0.2) is 0 Å². The molecule has 0 saturated carbocycles. The van der Waals surface area contributed by atoms with Gasteiger partial charge in [0.25, 0.3) is 10.0 Å². The van der Waals surface area contributed by atoms with Gasteiger partial charge in [0, 0.05) is 12.1 Å². The molecule has 1 amide bonds. The lowest BCUT2D eigenvalue weighted by Crippen LogP contribution is -2.19. The van der Waals surface area contributed by atoms with Gasteiger partial charge in [-0.1, -0.05) is 23.7 Å². The molecule has 0 spiro atoms. The highest BCUT2D eigenvalue weighted by Gasteiger charge is 2.22. The van der Waals surface area contributed by atoms with E-state index >= 15 is 0 Å². The Bertz CT molecular complexity index is 1290. The molecule has 3 rings (SSSR count). The Balaban J connectivity index is 1.97. The Morgan fingerprint density at radius 2 is 1.94 bits per heavy atom. The molecular weight excluding hydrogens is 467 g/mol. The average molecular weight is 483 g/mol. The van der Waals surface area contributed by atoms with E-state index in [4.69, 9.17) is 23.1 Å². The summed E-state index contributed by atoms with van der Waals surface area (Å²) in [4.78, 5) is 11.3. The third kappa shape index (κ3) is 5.13. The highest BCUT2D eigenvalue weighted by atomic mass is 35.5. The van der Waals surface area contributed by atoms with Crippen LogP contribution in [0.5, 0.6) is 5.75 Å². The van der Waals surface area contributed by atoms with Crippen molar-refractivity contribution in [3.63, 3.8) is 0 Å². The van der Waals surface area contributed by atoms with E-state index in [9.17, 15) is 22.7 Å². The molecule has 0 aliphatic heterocycles. The maximum atomic E-state index is 14.5. The number of amides is 1. The minimum Gasteiger partial charge on any atom is -0.507 e. The largest absolute Gasteiger partial charge is 0.507 e. The van der Waals surface area contributed by atoms with Crippen molar-refractivity contribution >= 4 is 50.4 Å². The summed E-state index contributed by atoms with van der Waals surface area (Å²) in [5.74, 6) is -2.51. The minimum absolute atomic E-state index is 0.0229. The number of carbonyl (C=O) groups is 1. The van der Waals surface area contributed by atoms with E-state index in [-0.39, 0.29) is 31.9 Å². The van der Waals surface area contributed by atoms with Gasteiger partial charge in [0.2, 0.25) is 5.91 Å². The van der Waals surface area contributed by atoms with Gasteiger partial charge < -0.3 is 21.9 Å². The van der Waals surface area contributed by atoms with Crippen LogP contribution in [-0.2, 0) is 16.6 Å². The van der Waals surface area contributed by atoms with Crippen LogP contribution in [0.2, 0.25) is 4.34 Å². The number of thiophene rings is 1. The van der Waals surface area contributed by atoms with Gasteiger partial charge in [-0.15, -0.1) is 15.7 Å². The van der Waals surface area contributed by atoms with Crippen LogP contribution in [-0.4, -0.2) is 25.3 Å². The minimum atomic E-state index is -4.23. The summed E-state index contributed by atoms with van der Waals surface area (Å²) in [7, 11) is -4.23. The number of anilines is 1. The molecule has 12 heteroatoms.